The lowest BCUT2D eigenvalue weighted by atomic mass is 10.1. The minimum Gasteiger partial charge on any atom is -0.348 e. The lowest BCUT2D eigenvalue weighted by molar-refractivity contribution is 0.0951. The molecule has 1 aromatic heterocycles. The van der Waals surface area contributed by atoms with Crippen molar-refractivity contribution in [3.8, 4) is 0 Å². The Morgan fingerprint density at radius 2 is 1.53 bits per heavy atom. The molecule has 0 atom stereocenters. The van der Waals surface area contributed by atoms with Crippen LogP contribution in [0.4, 0.5) is 0 Å². The van der Waals surface area contributed by atoms with E-state index in [1.807, 2.05) is 26.0 Å². The zero-order chi connectivity index (χ0) is 21.9. The van der Waals surface area contributed by atoms with Gasteiger partial charge < -0.3 is 5.32 Å². The van der Waals surface area contributed by atoms with Crippen LogP contribution in [0.2, 0.25) is 0 Å². The highest BCUT2D eigenvalue weighted by Crippen LogP contribution is 2.15. The van der Waals surface area contributed by atoms with Gasteiger partial charge in [0.05, 0.1) is 28.2 Å². The third-order valence-corrected chi connectivity index (χ3v) is 6.13. The number of rotatable bonds is 7. The van der Waals surface area contributed by atoms with Crippen LogP contribution in [0.5, 0.6) is 0 Å². The maximum absolute atomic E-state index is 12.5. The average molecular weight is 427 g/mol. The maximum atomic E-state index is 12.5. The molecule has 3 aromatic rings. The number of carbonyl (C=O) groups is 1. The second-order valence-electron chi connectivity index (χ2n) is 7.63. The fraction of sp³-hybridized carbons (Fsp3) is 0.318. The van der Waals surface area contributed by atoms with Crippen LogP contribution >= 0.6 is 0 Å². The van der Waals surface area contributed by atoms with E-state index in [1.165, 1.54) is 0 Å². The zero-order valence-corrected chi connectivity index (χ0v) is 18.4. The predicted octanol–water partition coefficient (Wildman–Crippen LogP) is 3.00. The van der Waals surface area contributed by atoms with E-state index in [1.54, 1.807) is 44.2 Å². The highest BCUT2D eigenvalue weighted by Gasteiger charge is 2.13. The first kappa shape index (κ1) is 21.9. The van der Waals surface area contributed by atoms with Crippen molar-refractivity contribution in [2.24, 2.45) is 0 Å². The maximum Gasteiger partial charge on any atom is 0.251 e. The van der Waals surface area contributed by atoms with E-state index in [-0.39, 0.29) is 17.7 Å². The molecule has 158 valence electrons. The van der Waals surface area contributed by atoms with Crippen molar-refractivity contribution in [3.63, 3.8) is 0 Å². The van der Waals surface area contributed by atoms with Gasteiger partial charge in [0.25, 0.3) is 5.91 Å². The van der Waals surface area contributed by atoms with Gasteiger partial charge in [0.15, 0.2) is 0 Å². The van der Waals surface area contributed by atoms with E-state index >= 15 is 0 Å². The minimum atomic E-state index is -3.36. The van der Waals surface area contributed by atoms with Crippen molar-refractivity contribution in [3.05, 3.63) is 70.5 Å². The van der Waals surface area contributed by atoms with Crippen LogP contribution in [0.1, 0.15) is 46.7 Å². The number of benzene rings is 2. The van der Waals surface area contributed by atoms with Crippen molar-refractivity contribution in [1.82, 2.24) is 20.0 Å². The van der Waals surface area contributed by atoms with Crippen molar-refractivity contribution in [1.29, 1.82) is 0 Å². The molecule has 0 aliphatic rings. The molecule has 0 saturated heterocycles. The summed E-state index contributed by atoms with van der Waals surface area (Å²) < 4.78 is 26.6. The van der Waals surface area contributed by atoms with Gasteiger partial charge in [-0.3, -0.25) is 4.79 Å². The number of nitrogens with one attached hydrogen (secondary N) is 2. The Labute approximate surface area is 177 Å². The Hall–Kier alpha value is -2.84. The summed E-state index contributed by atoms with van der Waals surface area (Å²) in [5, 5.41) is 2.88. The summed E-state index contributed by atoms with van der Waals surface area (Å²) in [6.07, 6.45) is 0. The van der Waals surface area contributed by atoms with Crippen LogP contribution in [0.15, 0.2) is 42.5 Å². The number of carbonyl (C=O) groups excluding carboxylic acids is 1. The van der Waals surface area contributed by atoms with Crippen molar-refractivity contribution < 1.29 is 13.2 Å². The molecule has 1 amide bonds. The molecule has 0 saturated carbocycles. The van der Waals surface area contributed by atoms with Gasteiger partial charge in [0.2, 0.25) is 10.0 Å². The number of aromatic nitrogens is 2. The van der Waals surface area contributed by atoms with E-state index in [9.17, 15) is 13.2 Å². The molecule has 0 radical (unpaired) electrons. The van der Waals surface area contributed by atoms with Gasteiger partial charge in [-0.1, -0.05) is 24.3 Å². The lowest BCUT2D eigenvalue weighted by Crippen LogP contribution is -2.31. The van der Waals surface area contributed by atoms with E-state index in [4.69, 9.17) is 0 Å². The van der Waals surface area contributed by atoms with Crippen molar-refractivity contribution in [2.45, 2.75) is 46.0 Å². The van der Waals surface area contributed by atoms with Gasteiger partial charge in [-0.2, -0.15) is 0 Å². The van der Waals surface area contributed by atoms with Gasteiger partial charge in [0.1, 0.15) is 0 Å². The molecule has 3 rings (SSSR count). The van der Waals surface area contributed by atoms with Crippen molar-refractivity contribution in [2.75, 3.05) is 0 Å². The molecule has 8 heteroatoms. The number of aryl methyl sites for hydroxylation is 2. The number of amides is 1. The molecular weight excluding hydrogens is 400 g/mol. The normalized spacial score (nSPS) is 11.8. The van der Waals surface area contributed by atoms with Crippen LogP contribution in [-0.2, 0) is 22.3 Å². The van der Waals surface area contributed by atoms with E-state index < -0.39 is 10.0 Å². The molecule has 0 spiro atoms. The fourth-order valence-corrected chi connectivity index (χ4v) is 4.46. The summed E-state index contributed by atoms with van der Waals surface area (Å²) >= 11 is 0. The highest BCUT2D eigenvalue weighted by molar-refractivity contribution is 7.88. The predicted molar refractivity (Wildman–Crippen MR) is 118 cm³/mol. The Kier molecular flexibility index (Phi) is 6.48. The van der Waals surface area contributed by atoms with Gasteiger partial charge >= 0.3 is 0 Å². The number of hydrogen-bond donors (Lipinski definition) is 2. The summed E-state index contributed by atoms with van der Waals surface area (Å²) in [5.41, 5.74) is 5.24. The number of nitrogens with zero attached hydrogens (tertiary/aromatic N) is 2. The third kappa shape index (κ3) is 5.61. The van der Waals surface area contributed by atoms with E-state index in [0.717, 1.165) is 22.5 Å². The first-order valence-corrected chi connectivity index (χ1v) is 11.4. The van der Waals surface area contributed by atoms with Crippen LogP contribution in [0.3, 0.4) is 0 Å². The fourth-order valence-electron chi connectivity index (χ4n) is 3.03. The molecule has 1 heterocycles. The summed E-state index contributed by atoms with van der Waals surface area (Å²) in [5.74, 6) is -0.279. The molecule has 0 unspecified atom stereocenters. The molecule has 0 fully saturated rings. The first-order chi connectivity index (χ1) is 14.1. The van der Waals surface area contributed by atoms with E-state index in [2.05, 4.69) is 20.0 Å². The SMILES string of the molecule is Cc1nc2ccc(C(=O)NCc3ccc(CS(=O)(=O)NC(C)C)cc3)cc2nc1C. The van der Waals surface area contributed by atoms with Gasteiger partial charge in [-0.15, -0.1) is 0 Å². The van der Waals surface area contributed by atoms with E-state index in [0.29, 0.717) is 23.2 Å². The van der Waals surface area contributed by atoms with Gasteiger partial charge in [-0.25, -0.2) is 23.1 Å². The average Bonchev–Trinajstić information content (AvgIpc) is 2.66. The van der Waals surface area contributed by atoms with Crippen LogP contribution < -0.4 is 10.0 Å². The lowest BCUT2D eigenvalue weighted by Gasteiger charge is -2.10. The number of hydrogen-bond acceptors (Lipinski definition) is 5. The number of sulfonamides is 1. The standard InChI is InChI=1S/C22H26N4O3S/c1-14(2)26-30(28,29)13-18-7-5-17(6-8-18)12-23-22(27)19-9-10-20-21(11-19)25-16(4)15(3)24-20/h5-11,14,26H,12-13H2,1-4H3,(H,23,27). The second kappa shape index (κ2) is 8.89. The van der Waals surface area contributed by atoms with Gasteiger partial charge in [-0.05, 0) is 57.0 Å². The summed E-state index contributed by atoms with van der Waals surface area (Å²) in [6.45, 7) is 7.71. The Balaban J connectivity index is 1.63. The molecule has 2 aromatic carbocycles. The minimum absolute atomic E-state index is 0.0746. The molecule has 0 aliphatic carbocycles. The topological polar surface area (TPSA) is 101 Å². The van der Waals surface area contributed by atoms with Gasteiger partial charge in [0, 0.05) is 18.2 Å². The first-order valence-electron chi connectivity index (χ1n) is 9.74. The smallest absolute Gasteiger partial charge is 0.251 e. The molecule has 7 nitrogen and oxygen atoms in total. The molecule has 30 heavy (non-hydrogen) atoms. The van der Waals surface area contributed by atoms with Crippen LogP contribution in [-0.4, -0.2) is 30.3 Å². The largest absolute Gasteiger partial charge is 0.348 e. The summed E-state index contributed by atoms with van der Waals surface area (Å²) in [7, 11) is -3.36. The Morgan fingerprint density at radius 1 is 0.933 bits per heavy atom. The summed E-state index contributed by atoms with van der Waals surface area (Å²) in [4.78, 5) is 21.5. The molecule has 0 aliphatic heterocycles. The molecule has 2 N–H and O–H groups in total. The van der Waals surface area contributed by atoms with Crippen LogP contribution in [0.25, 0.3) is 11.0 Å². The third-order valence-electron chi connectivity index (χ3n) is 4.59. The van der Waals surface area contributed by atoms with Crippen LogP contribution in [0, 0.1) is 13.8 Å². The summed E-state index contributed by atoms with van der Waals surface area (Å²) in [6, 6.07) is 12.3. The van der Waals surface area contributed by atoms with Crippen molar-refractivity contribution >= 4 is 27.0 Å². The monoisotopic (exact) mass is 426 g/mol. The second-order valence-corrected chi connectivity index (χ2v) is 9.38. The Bertz CT molecular complexity index is 1170. The zero-order valence-electron chi connectivity index (χ0n) is 17.6. The quantitative estimate of drug-likeness (QED) is 0.605. The molecular formula is C22H26N4O3S. The Morgan fingerprint density at radius 3 is 2.17 bits per heavy atom. The number of fused-ring (bicyclic) bond motifs is 1. The molecule has 0 bridgehead atoms. The highest BCUT2D eigenvalue weighted by atomic mass is 32.2.